The van der Waals surface area contributed by atoms with Crippen LogP contribution >= 0.6 is 0 Å². The van der Waals surface area contributed by atoms with E-state index in [-0.39, 0.29) is 24.2 Å². The Morgan fingerprint density at radius 1 is 1.29 bits per heavy atom. The largest absolute Gasteiger partial charge is 0.496 e. The molecule has 1 aliphatic carbocycles. The van der Waals surface area contributed by atoms with Gasteiger partial charge < -0.3 is 15.2 Å². The first-order valence-corrected chi connectivity index (χ1v) is 7.19. The molecule has 1 aromatic carbocycles. The van der Waals surface area contributed by atoms with Crippen LogP contribution in [0.25, 0.3) is 0 Å². The Bertz CT molecular complexity index is 523. The van der Waals surface area contributed by atoms with E-state index in [0.29, 0.717) is 13.0 Å². The number of carboxylic acid groups (broad SMARTS) is 1. The van der Waals surface area contributed by atoms with Crippen LogP contribution in [-0.4, -0.2) is 30.6 Å². The van der Waals surface area contributed by atoms with Crippen molar-refractivity contribution in [2.75, 3.05) is 13.7 Å². The van der Waals surface area contributed by atoms with Crippen LogP contribution in [0.3, 0.4) is 0 Å². The van der Waals surface area contributed by atoms with Crippen molar-refractivity contribution in [3.05, 3.63) is 29.8 Å². The average Bonchev–Trinajstić information content (AvgIpc) is 3.26. The number of para-hydroxylation sites is 1. The standard InChI is InChI=1S/C16H21NO4/c1-21-13-6-3-2-5-12(13)16(9-10-16)11-17-14(18)7-4-8-15(19)20/h2-3,5-6H,4,7-11H2,1H3,(H,17,18)(H,19,20). The van der Waals surface area contributed by atoms with E-state index < -0.39 is 5.97 Å². The van der Waals surface area contributed by atoms with Crippen molar-refractivity contribution in [1.29, 1.82) is 0 Å². The van der Waals surface area contributed by atoms with Crippen LogP contribution in [0.1, 0.15) is 37.7 Å². The highest BCUT2D eigenvalue weighted by molar-refractivity contribution is 5.77. The summed E-state index contributed by atoms with van der Waals surface area (Å²) in [6, 6.07) is 7.89. The fraction of sp³-hybridized carbons (Fsp3) is 0.500. The first-order chi connectivity index (χ1) is 10.1. The molecule has 5 nitrogen and oxygen atoms in total. The highest BCUT2D eigenvalue weighted by atomic mass is 16.5. The van der Waals surface area contributed by atoms with E-state index in [2.05, 4.69) is 5.32 Å². The molecule has 0 atom stereocenters. The number of benzene rings is 1. The number of ether oxygens (including phenoxy) is 1. The summed E-state index contributed by atoms with van der Waals surface area (Å²) in [6.45, 7) is 0.583. The maximum Gasteiger partial charge on any atom is 0.303 e. The van der Waals surface area contributed by atoms with Crippen LogP contribution in [-0.2, 0) is 15.0 Å². The van der Waals surface area contributed by atoms with E-state index in [4.69, 9.17) is 9.84 Å². The van der Waals surface area contributed by atoms with Gasteiger partial charge in [0, 0.05) is 30.4 Å². The van der Waals surface area contributed by atoms with Gasteiger partial charge in [0.2, 0.25) is 5.91 Å². The molecule has 0 spiro atoms. The van der Waals surface area contributed by atoms with Gasteiger partial charge in [0.25, 0.3) is 0 Å². The molecular formula is C16H21NO4. The molecule has 0 aliphatic heterocycles. The summed E-state index contributed by atoms with van der Waals surface area (Å²) in [4.78, 5) is 22.2. The lowest BCUT2D eigenvalue weighted by molar-refractivity contribution is -0.137. The zero-order chi connectivity index (χ0) is 15.3. The highest BCUT2D eigenvalue weighted by Gasteiger charge is 2.46. The Morgan fingerprint density at radius 3 is 2.62 bits per heavy atom. The first kappa shape index (κ1) is 15.4. The maximum atomic E-state index is 11.7. The lowest BCUT2D eigenvalue weighted by atomic mass is 9.95. The van der Waals surface area contributed by atoms with Gasteiger partial charge in [0.05, 0.1) is 7.11 Å². The Hall–Kier alpha value is -2.04. The Kier molecular flexibility index (Phi) is 4.83. The Balaban J connectivity index is 1.87. The SMILES string of the molecule is COc1ccccc1C1(CNC(=O)CCCC(=O)O)CC1. The number of amides is 1. The van der Waals surface area contributed by atoms with E-state index in [9.17, 15) is 9.59 Å². The molecule has 114 valence electrons. The van der Waals surface area contributed by atoms with Crippen molar-refractivity contribution in [2.45, 2.75) is 37.5 Å². The number of aliphatic carboxylic acids is 1. The van der Waals surface area contributed by atoms with E-state index in [1.165, 1.54) is 0 Å². The molecule has 2 N–H and O–H groups in total. The van der Waals surface area contributed by atoms with E-state index in [1.54, 1.807) is 7.11 Å². The summed E-state index contributed by atoms with van der Waals surface area (Å²) < 4.78 is 5.39. The molecular weight excluding hydrogens is 270 g/mol. The minimum absolute atomic E-state index is 0.0188. The van der Waals surface area contributed by atoms with Gasteiger partial charge in [0.15, 0.2) is 0 Å². The molecule has 1 aromatic rings. The summed E-state index contributed by atoms with van der Waals surface area (Å²) in [6.07, 6.45) is 2.73. The fourth-order valence-electron chi connectivity index (χ4n) is 2.53. The molecule has 1 fully saturated rings. The average molecular weight is 291 g/mol. The summed E-state index contributed by atoms with van der Waals surface area (Å²) in [5, 5.41) is 11.5. The highest BCUT2D eigenvalue weighted by Crippen LogP contribution is 2.50. The number of carboxylic acids is 1. The number of carbonyl (C=O) groups is 2. The van der Waals surface area contributed by atoms with Crippen LogP contribution in [0.4, 0.5) is 0 Å². The molecule has 0 bridgehead atoms. The zero-order valence-corrected chi connectivity index (χ0v) is 12.2. The van der Waals surface area contributed by atoms with Crippen LogP contribution < -0.4 is 10.1 Å². The maximum absolute atomic E-state index is 11.7. The molecule has 0 aromatic heterocycles. The summed E-state index contributed by atoms with van der Waals surface area (Å²) in [5.41, 5.74) is 1.12. The van der Waals surface area contributed by atoms with Gasteiger partial charge in [-0.15, -0.1) is 0 Å². The van der Waals surface area contributed by atoms with Gasteiger partial charge >= 0.3 is 5.97 Å². The van der Waals surface area contributed by atoms with Crippen LogP contribution in [0.5, 0.6) is 5.75 Å². The quantitative estimate of drug-likeness (QED) is 0.769. The van der Waals surface area contributed by atoms with E-state index >= 15 is 0 Å². The molecule has 21 heavy (non-hydrogen) atoms. The monoisotopic (exact) mass is 291 g/mol. The third-order valence-electron chi connectivity index (χ3n) is 3.95. The first-order valence-electron chi connectivity index (χ1n) is 7.19. The number of hydrogen-bond acceptors (Lipinski definition) is 3. The molecule has 0 saturated heterocycles. The lowest BCUT2D eigenvalue weighted by Crippen LogP contribution is -2.32. The van der Waals surface area contributed by atoms with Crippen LogP contribution in [0.15, 0.2) is 24.3 Å². The smallest absolute Gasteiger partial charge is 0.303 e. The second kappa shape index (κ2) is 6.61. The number of rotatable bonds is 8. The molecule has 1 saturated carbocycles. The minimum atomic E-state index is -0.865. The third-order valence-corrected chi connectivity index (χ3v) is 3.95. The molecule has 0 radical (unpaired) electrons. The van der Waals surface area contributed by atoms with Crippen molar-refractivity contribution in [2.24, 2.45) is 0 Å². The fourth-order valence-corrected chi connectivity index (χ4v) is 2.53. The van der Waals surface area contributed by atoms with Gasteiger partial charge in [-0.05, 0) is 25.3 Å². The van der Waals surface area contributed by atoms with Gasteiger partial charge in [-0.25, -0.2) is 0 Å². The van der Waals surface area contributed by atoms with Gasteiger partial charge in [-0.1, -0.05) is 18.2 Å². The molecule has 5 heteroatoms. The summed E-state index contributed by atoms with van der Waals surface area (Å²) in [5.74, 6) is -0.0944. The molecule has 2 rings (SSSR count). The molecule has 0 unspecified atom stereocenters. The third kappa shape index (κ3) is 3.97. The van der Waals surface area contributed by atoms with E-state index in [1.807, 2.05) is 24.3 Å². The number of methoxy groups -OCH3 is 1. The zero-order valence-electron chi connectivity index (χ0n) is 12.2. The topological polar surface area (TPSA) is 75.6 Å². The van der Waals surface area contributed by atoms with Crippen LogP contribution in [0, 0.1) is 0 Å². The predicted octanol–water partition coefficient (Wildman–Crippen LogP) is 2.10. The van der Waals surface area contributed by atoms with Gasteiger partial charge in [0.1, 0.15) is 5.75 Å². The van der Waals surface area contributed by atoms with Crippen LogP contribution in [0.2, 0.25) is 0 Å². The van der Waals surface area contributed by atoms with Crippen molar-refractivity contribution in [3.8, 4) is 5.75 Å². The Morgan fingerprint density at radius 2 is 2.00 bits per heavy atom. The Labute approximate surface area is 124 Å². The summed E-state index contributed by atoms with van der Waals surface area (Å²) in [7, 11) is 1.65. The predicted molar refractivity (Wildman–Crippen MR) is 78.4 cm³/mol. The summed E-state index contributed by atoms with van der Waals surface area (Å²) >= 11 is 0. The number of nitrogens with one attached hydrogen (secondary N) is 1. The molecule has 0 heterocycles. The molecule has 1 aliphatic rings. The van der Waals surface area contributed by atoms with Crippen molar-refractivity contribution >= 4 is 11.9 Å². The normalized spacial score (nSPS) is 15.3. The second-order valence-electron chi connectivity index (χ2n) is 5.50. The van der Waals surface area contributed by atoms with Gasteiger partial charge in [-0.2, -0.15) is 0 Å². The molecule has 1 amide bonds. The second-order valence-corrected chi connectivity index (χ2v) is 5.50. The van der Waals surface area contributed by atoms with Crippen molar-refractivity contribution < 1.29 is 19.4 Å². The number of hydrogen-bond donors (Lipinski definition) is 2. The van der Waals surface area contributed by atoms with E-state index in [0.717, 1.165) is 24.2 Å². The number of carbonyl (C=O) groups excluding carboxylic acids is 1. The van der Waals surface area contributed by atoms with Crippen molar-refractivity contribution in [3.63, 3.8) is 0 Å². The minimum Gasteiger partial charge on any atom is -0.496 e. The van der Waals surface area contributed by atoms with Crippen molar-refractivity contribution in [1.82, 2.24) is 5.32 Å². The lowest BCUT2D eigenvalue weighted by Gasteiger charge is -2.19. The van der Waals surface area contributed by atoms with Gasteiger partial charge in [-0.3, -0.25) is 9.59 Å².